The third-order valence-corrected chi connectivity index (χ3v) is 0. The Hall–Kier alpha value is 3.73. The molecule has 0 amide bonds. The quantitative estimate of drug-likeness (QED) is 0.260. The molecule has 0 heterocycles. The molecule has 0 aromatic carbocycles. The summed E-state index contributed by atoms with van der Waals surface area (Å²) in [6.07, 6.45) is 0. The van der Waals surface area contributed by atoms with Crippen LogP contribution in [0.2, 0.25) is 0 Å². The van der Waals surface area contributed by atoms with Crippen molar-refractivity contribution in [1.82, 2.24) is 0 Å². The third kappa shape index (κ3) is 9.22. The molecule has 0 rings (SSSR count). The molecule has 0 bridgehead atoms. The molecule has 0 aromatic rings. The molecule has 4 heteroatoms. The van der Waals surface area contributed by atoms with Crippen molar-refractivity contribution in [2.75, 3.05) is 0 Å². The summed E-state index contributed by atoms with van der Waals surface area (Å²) < 4.78 is 0. The van der Waals surface area contributed by atoms with Crippen molar-refractivity contribution in [2.45, 2.75) is 0 Å². The van der Waals surface area contributed by atoms with Crippen molar-refractivity contribution in [3.8, 4) is 0 Å². The van der Waals surface area contributed by atoms with Gasteiger partial charge in [0.1, 0.15) is 0 Å². The average Bonchev–Trinajstić information content (AvgIpc) is 0. The van der Waals surface area contributed by atoms with E-state index in [0.29, 0.717) is 0 Å². The summed E-state index contributed by atoms with van der Waals surface area (Å²) in [6.45, 7) is 0. The van der Waals surface area contributed by atoms with E-state index >= 15 is 0 Å². The van der Waals surface area contributed by atoms with E-state index in [1.807, 2.05) is 0 Å². The minimum absolute atomic E-state index is 0. The summed E-state index contributed by atoms with van der Waals surface area (Å²) in [5.74, 6) is 0. The second-order valence-electron chi connectivity index (χ2n) is 0. The monoisotopic (exact) mass is 441 g/mol. The molecule has 23 valence electrons. The summed E-state index contributed by atoms with van der Waals surface area (Å²) in [5.41, 5.74) is 0. The normalized spacial score (nSPS) is 0. The molecule has 4 heavy (non-hydrogen) atoms. The van der Waals surface area contributed by atoms with Gasteiger partial charge in [0, 0.05) is 0 Å². The Bertz CT molecular complexity index is 6.00. The Morgan fingerprint density at radius 2 is 0.750 bits per heavy atom. The molecule has 1 radical (unpaired) electrons. The first-order chi connectivity index (χ1) is 0. The van der Waals surface area contributed by atoms with E-state index in [1.54, 1.807) is 0 Å². The SMILES string of the molecule is [Dy+3].[I-].[I-].[Na+]. The predicted octanol–water partition coefficient (Wildman–Crippen LogP) is -8.99. The van der Waals surface area contributed by atoms with E-state index in [0.717, 1.165) is 0 Å². The zero-order valence-corrected chi connectivity index (χ0v) is 10.4. The molecule has 0 aromatic heterocycles. The van der Waals surface area contributed by atoms with E-state index in [9.17, 15) is 0 Å². The summed E-state index contributed by atoms with van der Waals surface area (Å²) in [7, 11) is 0. The Labute approximate surface area is 113 Å². The number of rotatable bonds is 0. The van der Waals surface area contributed by atoms with E-state index < -0.39 is 0 Å². The van der Waals surface area contributed by atoms with Crippen molar-refractivity contribution < 1.29 is 116 Å². The summed E-state index contributed by atoms with van der Waals surface area (Å²) in [6, 6.07) is 0. The molecule has 0 aliphatic rings. The van der Waals surface area contributed by atoms with Crippen LogP contribution in [0.5, 0.6) is 0 Å². The maximum Gasteiger partial charge on any atom is 3.00 e. The van der Waals surface area contributed by atoms with Crippen LogP contribution in [0.25, 0.3) is 0 Å². The van der Waals surface area contributed by atoms with Crippen LogP contribution in [0.4, 0.5) is 0 Å². The maximum atomic E-state index is 0. The van der Waals surface area contributed by atoms with E-state index in [1.165, 1.54) is 0 Å². The predicted molar refractivity (Wildman–Crippen MR) is 0 cm³/mol. The zero-order valence-electron chi connectivity index (χ0n) is 2.07. The number of hydrogen-bond acceptors (Lipinski definition) is 0. The summed E-state index contributed by atoms with van der Waals surface area (Å²) in [5, 5.41) is 0. The van der Waals surface area contributed by atoms with Crippen LogP contribution >= 0.6 is 0 Å². The Morgan fingerprint density at radius 1 is 0.750 bits per heavy atom. The van der Waals surface area contributed by atoms with Crippen LogP contribution in [0.1, 0.15) is 0 Å². The van der Waals surface area contributed by atoms with Gasteiger partial charge in [0.25, 0.3) is 0 Å². The molecule has 0 saturated heterocycles. The number of hydrogen-bond donors (Lipinski definition) is 0. The molecule has 0 aliphatic heterocycles. The van der Waals surface area contributed by atoms with Gasteiger partial charge in [0.2, 0.25) is 0 Å². The average molecular weight is 439 g/mol. The first-order valence-corrected chi connectivity index (χ1v) is 0. The smallest absolute Gasteiger partial charge is 1.00 e. The van der Waals surface area contributed by atoms with Gasteiger partial charge in [0.15, 0.2) is 0 Å². The first-order valence-electron chi connectivity index (χ1n) is 0. The maximum absolute atomic E-state index is 0. The second-order valence-corrected chi connectivity index (χ2v) is 0. The van der Waals surface area contributed by atoms with Gasteiger partial charge < -0.3 is 48.0 Å². The topological polar surface area (TPSA) is 0 Å². The van der Waals surface area contributed by atoms with Gasteiger partial charge in [-0.25, -0.2) is 0 Å². The molecule has 0 fully saturated rings. The molecule has 0 N–H and O–H groups in total. The van der Waals surface area contributed by atoms with Gasteiger partial charge in [-0.3, -0.25) is 0 Å². The summed E-state index contributed by atoms with van der Waals surface area (Å²) >= 11 is 0. The van der Waals surface area contributed by atoms with Gasteiger partial charge in [0.05, 0.1) is 0 Å². The molecule has 0 spiro atoms. The molecule has 0 unspecified atom stereocenters. The van der Waals surface area contributed by atoms with Gasteiger partial charge >= 0.3 is 67.7 Å². The molecule has 0 aliphatic carbocycles. The molecular weight excluding hydrogens is 439 g/mol. The van der Waals surface area contributed by atoms with Crippen molar-refractivity contribution in [3.63, 3.8) is 0 Å². The largest absolute Gasteiger partial charge is 3.00 e. The third-order valence-electron chi connectivity index (χ3n) is 0. The zero-order chi connectivity index (χ0) is 0. The molecule has 0 nitrogen and oxygen atoms in total. The van der Waals surface area contributed by atoms with E-state index in [-0.39, 0.29) is 116 Å². The molecular formula is DyI2Na+2. The second kappa shape index (κ2) is 15.9. The Balaban J connectivity index is 0. The minimum atomic E-state index is 0. The Morgan fingerprint density at radius 3 is 0.750 bits per heavy atom. The fourth-order valence-corrected chi connectivity index (χ4v) is 0. The van der Waals surface area contributed by atoms with Crippen molar-refractivity contribution in [2.24, 2.45) is 0 Å². The first kappa shape index (κ1) is 25.2. The molecule has 0 atom stereocenters. The number of halogens is 2. The Kier molecular flexibility index (Phi) is 99.9. The molecule has 0 saturated carbocycles. The fraction of sp³-hybridized carbons (Fsp3) is 0. The van der Waals surface area contributed by atoms with Crippen LogP contribution < -0.4 is 77.5 Å². The van der Waals surface area contributed by atoms with E-state index in [4.69, 9.17) is 0 Å². The van der Waals surface area contributed by atoms with Gasteiger partial charge in [-0.05, 0) is 0 Å². The van der Waals surface area contributed by atoms with E-state index in [2.05, 4.69) is 0 Å². The van der Waals surface area contributed by atoms with Crippen molar-refractivity contribution in [3.05, 3.63) is 0 Å². The van der Waals surface area contributed by atoms with Gasteiger partial charge in [-0.15, -0.1) is 0 Å². The van der Waals surface area contributed by atoms with Crippen LogP contribution in [0.3, 0.4) is 0 Å². The van der Waals surface area contributed by atoms with Crippen LogP contribution in [0.15, 0.2) is 0 Å². The standard InChI is InChI=1S/Dy.2HI.Na/h;2*1H;/q+3;;;+1/p-2. The van der Waals surface area contributed by atoms with Crippen LogP contribution in [0, 0.1) is 38.2 Å². The van der Waals surface area contributed by atoms with Crippen molar-refractivity contribution >= 4 is 0 Å². The summed E-state index contributed by atoms with van der Waals surface area (Å²) in [4.78, 5) is 0. The van der Waals surface area contributed by atoms with Gasteiger partial charge in [-0.1, -0.05) is 0 Å². The van der Waals surface area contributed by atoms with Gasteiger partial charge in [-0.2, -0.15) is 0 Å². The van der Waals surface area contributed by atoms with Crippen LogP contribution in [-0.4, -0.2) is 0 Å². The van der Waals surface area contributed by atoms with Crippen molar-refractivity contribution in [1.29, 1.82) is 0 Å². The van der Waals surface area contributed by atoms with Crippen LogP contribution in [-0.2, 0) is 0 Å². The fourth-order valence-electron chi connectivity index (χ4n) is 0. The minimum Gasteiger partial charge on any atom is -1.00 e.